The average Bonchev–Trinajstić information content (AvgIpc) is 3.08. The topological polar surface area (TPSA) is 75.8 Å². The third-order valence-electron chi connectivity index (χ3n) is 3.43. The quantitative estimate of drug-likeness (QED) is 0.752. The van der Waals surface area contributed by atoms with Gasteiger partial charge < -0.3 is 10.2 Å². The first kappa shape index (κ1) is 15.6. The summed E-state index contributed by atoms with van der Waals surface area (Å²) in [5, 5.41) is 9.12. The van der Waals surface area contributed by atoms with Crippen LogP contribution in [0.2, 0.25) is 0 Å². The zero-order chi connectivity index (χ0) is 17.3. The van der Waals surface area contributed by atoms with Crippen molar-refractivity contribution in [2.75, 3.05) is 5.73 Å². The summed E-state index contributed by atoms with van der Waals surface area (Å²) >= 11 is 0. The van der Waals surface area contributed by atoms with Gasteiger partial charge in [0.15, 0.2) is 5.76 Å². The van der Waals surface area contributed by atoms with Gasteiger partial charge in [-0.1, -0.05) is 12.1 Å². The number of hydrogen-bond donors (Lipinski definition) is 1. The predicted octanol–water partition coefficient (Wildman–Crippen LogP) is 4.48. The molecule has 0 fully saturated rings. The van der Waals surface area contributed by atoms with Crippen LogP contribution in [0.4, 0.5) is 19.0 Å². The van der Waals surface area contributed by atoms with Gasteiger partial charge in [-0.2, -0.15) is 18.4 Å². The van der Waals surface area contributed by atoms with Crippen LogP contribution in [0.3, 0.4) is 0 Å². The summed E-state index contributed by atoms with van der Waals surface area (Å²) in [5.41, 5.74) is 5.89. The summed E-state index contributed by atoms with van der Waals surface area (Å²) in [6.07, 6.45) is -3.05. The van der Waals surface area contributed by atoms with Crippen molar-refractivity contribution in [3.8, 4) is 28.7 Å². The van der Waals surface area contributed by atoms with E-state index in [1.165, 1.54) is 24.5 Å². The third kappa shape index (κ3) is 2.82. The van der Waals surface area contributed by atoms with Gasteiger partial charge in [-0.15, -0.1) is 0 Å². The normalized spacial score (nSPS) is 11.2. The molecule has 4 nitrogen and oxygen atoms in total. The van der Waals surface area contributed by atoms with Crippen molar-refractivity contribution in [2.24, 2.45) is 0 Å². The number of nitriles is 1. The molecule has 0 aliphatic carbocycles. The molecule has 0 saturated heterocycles. The van der Waals surface area contributed by atoms with Gasteiger partial charge >= 0.3 is 6.18 Å². The van der Waals surface area contributed by atoms with Gasteiger partial charge in [0, 0.05) is 5.56 Å². The van der Waals surface area contributed by atoms with Gasteiger partial charge in [0.1, 0.15) is 17.6 Å². The molecule has 0 radical (unpaired) electrons. The van der Waals surface area contributed by atoms with E-state index in [1.54, 1.807) is 12.1 Å². The van der Waals surface area contributed by atoms with E-state index in [4.69, 9.17) is 15.4 Å². The minimum atomic E-state index is -4.47. The number of pyridine rings is 1. The Morgan fingerprint density at radius 1 is 1.12 bits per heavy atom. The molecule has 1 aromatic carbocycles. The van der Waals surface area contributed by atoms with Crippen LogP contribution in [0, 0.1) is 11.3 Å². The highest BCUT2D eigenvalue weighted by atomic mass is 19.4. The van der Waals surface area contributed by atoms with Crippen molar-refractivity contribution in [2.45, 2.75) is 6.18 Å². The zero-order valence-electron chi connectivity index (χ0n) is 12.1. The summed E-state index contributed by atoms with van der Waals surface area (Å²) in [7, 11) is 0. The summed E-state index contributed by atoms with van der Waals surface area (Å²) < 4.78 is 44.2. The highest BCUT2D eigenvalue weighted by molar-refractivity contribution is 5.81. The second-order valence-corrected chi connectivity index (χ2v) is 4.99. The predicted molar refractivity (Wildman–Crippen MR) is 81.5 cm³/mol. The highest BCUT2D eigenvalue weighted by Gasteiger charge is 2.30. The van der Waals surface area contributed by atoms with Gasteiger partial charge in [0.2, 0.25) is 0 Å². The van der Waals surface area contributed by atoms with E-state index in [9.17, 15) is 13.2 Å². The van der Waals surface area contributed by atoms with Crippen LogP contribution >= 0.6 is 0 Å². The molecule has 7 heteroatoms. The van der Waals surface area contributed by atoms with E-state index >= 15 is 0 Å². The lowest BCUT2D eigenvalue weighted by Crippen LogP contribution is -2.05. The molecular weight excluding hydrogens is 319 g/mol. The second kappa shape index (κ2) is 5.74. The van der Waals surface area contributed by atoms with E-state index in [0.717, 1.165) is 12.1 Å². The van der Waals surface area contributed by atoms with Crippen molar-refractivity contribution in [3.63, 3.8) is 0 Å². The number of benzene rings is 1. The van der Waals surface area contributed by atoms with E-state index in [-0.39, 0.29) is 22.6 Å². The molecule has 0 aliphatic heterocycles. The van der Waals surface area contributed by atoms with Gasteiger partial charge in [-0.3, -0.25) is 0 Å². The first-order chi connectivity index (χ1) is 11.4. The molecule has 120 valence electrons. The summed E-state index contributed by atoms with van der Waals surface area (Å²) in [5.74, 6) is 0.332. The summed E-state index contributed by atoms with van der Waals surface area (Å²) in [4.78, 5) is 4.13. The Morgan fingerprint density at radius 3 is 2.54 bits per heavy atom. The molecule has 3 aromatic rings. The molecule has 3 rings (SSSR count). The Balaban J connectivity index is 2.26. The SMILES string of the molecule is N#Cc1cc(-c2cccc(C(F)(F)F)c2)c(-c2ccco2)nc1N. The smallest absolute Gasteiger partial charge is 0.416 e. The van der Waals surface area contributed by atoms with E-state index in [2.05, 4.69) is 4.98 Å². The standard InChI is InChI=1S/C17H10F3N3O/c18-17(19,20)12-4-1-3-10(7-12)13-8-11(9-21)16(22)23-15(13)14-5-2-6-24-14/h1-8H,(H2,22,23). The molecule has 2 N–H and O–H groups in total. The lowest BCUT2D eigenvalue weighted by atomic mass is 9.98. The van der Waals surface area contributed by atoms with Gasteiger partial charge in [-0.25, -0.2) is 4.98 Å². The monoisotopic (exact) mass is 329 g/mol. The van der Waals surface area contributed by atoms with Crippen LogP contribution in [-0.2, 0) is 6.18 Å². The van der Waals surface area contributed by atoms with E-state index < -0.39 is 11.7 Å². The van der Waals surface area contributed by atoms with Crippen molar-refractivity contribution >= 4 is 5.82 Å². The largest absolute Gasteiger partial charge is 0.463 e. The first-order valence-corrected chi connectivity index (χ1v) is 6.82. The molecular formula is C17H10F3N3O. The van der Waals surface area contributed by atoms with Crippen molar-refractivity contribution in [3.05, 3.63) is 59.9 Å². The average molecular weight is 329 g/mol. The zero-order valence-corrected chi connectivity index (χ0v) is 12.1. The van der Waals surface area contributed by atoms with Gasteiger partial charge in [0.05, 0.1) is 17.4 Å². The molecule has 2 aromatic heterocycles. The molecule has 0 atom stereocenters. The fourth-order valence-electron chi connectivity index (χ4n) is 2.30. The van der Waals surface area contributed by atoms with Crippen molar-refractivity contribution in [1.82, 2.24) is 4.98 Å². The van der Waals surface area contributed by atoms with Crippen LogP contribution in [0.15, 0.2) is 53.1 Å². The maximum atomic E-state index is 13.0. The number of hydrogen-bond acceptors (Lipinski definition) is 4. The second-order valence-electron chi connectivity index (χ2n) is 4.99. The maximum absolute atomic E-state index is 13.0. The maximum Gasteiger partial charge on any atom is 0.416 e. The summed E-state index contributed by atoms with van der Waals surface area (Å²) in [6, 6.07) is 11.3. The summed E-state index contributed by atoms with van der Waals surface area (Å²) in [6.45, 7) is 0. The lowest BCUT2D eigenvalue weighted by molar-refractivity contribution is -0.137. The fourth-order valence-corrected chi connectivity index (χ4v) is 2.30. The number of nitrogen functional groups attached to an aromatic ring is 1. The minimum absolute atomic E-state index is 0.0142. The molecule has 0 spiro atoms. The number of alkyl halides is 3. The molecule has 2 heterocycles. The number of furan rings is 1. The molecule has 0 saturated carbocycles. The molecule has 0 amide bonds. The van der Waals surface area contributed by atoms with E-state index in [0.29, 0.717) is 11.3 Å². The first-order valence-electron chi connectivity index (χ1n) is 6.82. The van der Waals surface area contributed by atoms with Crippen LogP contribution in [0.1, 0.15) is 11.1 Å². The van der Waals surface area contributed by atoms with E-state index in [1.807, 2.05) is 6.07 Å². The number of halogens is 3. The molecule has 24 heavy (non-hydrogen) atoms. The minimum Gasteiger partial charge on any atom is -0.463 e. The highest BCUT2D eigenvalue weighted by Crippen LogP contribution is 2.36. The number of anilines is 1. The third-order valence-corrected chi connectivity index (χ3v) is 3.43. The van der Waals surface area contributed by atoms with Crippen LogP contribution in [0.5, 0.6) is 0 Å². The molecule has 0 aliphatic rings. The Bertz CT molecular complexity index is 925. The van der Waals surface area contributed by atoms with Gasteiger partial charge in [0.25, 0.3) is 0 Å². The van der Waals surface area contributed by atoms with Crippen molar-refractivity contribution < 1.29 is 17.6 Å². The fraction of sp³-hybridized carbons (Fsp3) is 0.0588. The number of rotatable bonds is 2. The lowest BCUT2D eigenvalue weighted by Gasteiger charge is -2.12. The Morgan fingerprint density at radius 2 is 1.92 bits per heavy atom. The Labute approximate surface area is 135 Å². The van der Waals surface area contributed by atoms with Crippen LogP contribution in [-0.4, -0.2) is 4.98 Å². The Kier molecular flexibility index (Phi) is 3.73. The molecule has 0 unspecified atom stereocenters. The van der Waals surface area contributed by atoms with Gasteiger partial charge in [-0.05, 0) is 35.9 Å². The van der Waals surface area contributed by atoms with Crippen LogP contribution < -0.4 is 5.73 Å². The molecule has 0 bridgehead atoms. The number of nitrogens with zero attached hydrogens (tertiary/aromatic N) is 2. The van der Waals surface area contributed by atoms with Crippen LogP contribution in [0.25, 0.3) is 22.6 Å². The van der Waals surface area contributed by atoms with Crippen molar-refractivity contribution in [1.29, 1.82) is 5.26 Å². The Hall–Kier alpha value is -3.27. The number of nitrogens with two attached hydrogens (primary N) is 1. The number of aromatic nitrogens is 1.